The lowest BCUT2D eigenvalue weighted by Gasteiger charge is -2.01. The van der Waals surface area contributed by atoms with Crippen molar-refractivity contribution in [3.8, 4) is 12.1 Å². The molecule has 0 aromatic carbocycles. The van der Waals surface area contributed by atoms with Gasteiger partial charge in [0.15, 0.2) is 5.78 Å². The largest absolute Gasteiger partial charge is 0.289 e. The number of fused-ring (bicyclic) bond motifs is 1. The summed E-state index contributed by atoms with van der Waals surface area (Å²) in [6, 6.07) is 3.72. The number of nitrogens with zero attached hydrogens (tertiary/aromatic N) is 2. The topological polar surface area (TPSA) is 64.7 Å². The molecule has 1 aliphatic rings. The smallest absolute Gasteiger partial charge is 0.195 e. The minimum Gasteiger partial charge on any atom is -0.289 e. The second kappa shape index (κ2) is 5.26. The first kappa shape index (κ1) is 14.0. The fourth-order valence-corrected chi connectivity index (χ4v) is 4.84. The zero-order chi connectivity index (χ0) is 14.2. The average Bonchev–Trinajstić information content (AvgIpc) is 2.91. The minimum absolute atomic E-state index is 0.0437. The first-order chi connectivity index (χ1) is 9.10. The van der Waals surface area contributed by atoms with Gasteiger partial charge in [0, 0.05) is 16.7 Å². The van der Waals surface area contributed by atoms with E-state index in [0.717, 1.165) is 14.0 Å². The van der Waals surface area contributed by atoms with E-state index in [-0.39, 0.29) is 16.9 Å². The Bertz CT molecular complexity index is 697. The summed E-state index contributed by atoms with van der Waals surface area (Å²) in [5, 5.41) is 18.1. The highest BCUT2D eigenvalue weighted by atomic mass is 32.2. The number of rotatable bonds is 2. The molecule has 0 atom stereocenters. The number of ketones is 1. The Morgan fingerprint density at radius 3 is 2.16 bits per heavy atom. The summed E-state index contributed by atoms with van der Waals surface area (Å²) in [5.41, 5.74) is 1.94. The molecule has 0 saturated carbocycles. The fraction of sp³-hybridized carbons (Fsp3) is 0.154. The van der Waals surface area contributed by atoms with Gasteiger partial charge in [0.05, 0.1) is 14.0 Å². The van der Waals surface area contributed by atoms with Crippen LogP contribution in [0.1, 0.15) is 15.9 Å². The number of thiophene rings is 1. The average molecular weight is 304 g/mol. The van der Waals surface area contributed by atoms with Crippen LogP contribution in [0.4, 0.5) is 0 Å². The highest BCUT2D eigenvalue weighted by molar-refractivity contribution is 8.02. The molecule has 1 aromatic heterocycles. The molecule has 19 heavy (non-hydrogen) atoms. The molecule has 6 heteroatoms. The molecule has 94 valence electrons. The van der Waals surface area contributed by atoms with Crippen LogP contribution < -0.4 is 0 Å². The first-order valence-corrected chi connectivity index (χ1v) is 8.40. The van der Waals surface area contributed by atoms with Gasteiger partial charge in [-0.1, -0.05) is 6.58 Å². The van der Waals surface area contributed by atoms with E-state index in [9.17, 15) is 4.79 Å². The van der Waals surface area contributed by atoms with Crippen LogP contribution in [0.25, 0.3) is 5.57 Å². The van der Waals surface area contributed by atoms with Crippen LogP contribution in [-0.2, 0) is 0 Å². The second-order valence-corrected chi connectivity index (χ2v) is 6.79. The molecule has 0 aliphatic heterocycles. The van der Waals surface area contributed by atoms with E-state index in [4.69, 9.17) is 10.5 Å². The monoisotopic (exact) mass is 304 g/mol. The van der Waals surface area contributed by atoms with Crippen LogP contribution in [0.5, 0.6) is 0 Å². The third-order valence-corrected chi connectivity index (χ3v) is 6.17. The molecule has 2 rings (SSSR count). The zero-order valence-corrected chi connectivity index (χ0v) is 12.7. The van der Waals surface area contributed by atoms with Gasteiger partial charge in [-0.3, -0.25) is 4.79 Å². The summed E-state index contributed by atoms with van der Waals surface area (Å²) < 4.78 is 1.86. The van der Waals surface area contributed by atoms with Gasteiger partial charge in [-0.25, -0.2) is 0 Å². The number of hydrogen-bond donors (Lipinski definition) is 0. The predicted octanol–water partition coefficient (Wildman–Crippen LogP) is 3.75. The summed E-state index contributed by atoms with van der Waals surface area (Å²) in [7, 11) is 0. The predicted molar refractivity (Wildman–Crippen MR) is 79.5 cm³/mol. The molecule has 3 nitrogen and oxygen atoms in total. The van der Waals surface area contributed by atoms with Gasteiger partial charge in [-0.2, -0.15) is 10.5 Å². The van der Waals surface area contributed by atoms with E-state index in [1.807, 2.05) is 24.6 Å². The molecular weight excluding hydrogens is 296 g/mol. The Morgan fingerprint density at radius 1 is 1.16 bits per heavy atom. The van der Waals surface area contributed by atoms with Crippen LogP contribution >= 0.6 is 34.9 Å². The molecule has 0 bridgehead atoms. The third-order valence-electron chi connectivity index (χ3n) is 2.74. The standard InChI is InChI=1S/C13H8N2OS3/c1-6-8(7(4-14)5-15)9-10(11(6)16)13(18-3)19-12(9)17-2/h1H2,2-3H3. The van der Waals surface area contributed by atoms with Crippen molar-refractivity contribution in [1.29, 1.82) is 10.5 Å². The number of carbonyl (C=O) groups excluding carboxylic acids is 1. The maximum absolute atomic E-state index is 12.3. The van der Waals surface area contributed by atoms with Crippen LogP contribution in [0.2, 0.25) is 0 Å². The molecule has 0 amide bonds. The molecule has 1 aromatic rings. The van der Waals surface area contributed by atoms with Gasteiger partial charge >= 0.3 is 0 Å². The van der Waals surface area contributed by atoms with Crippen molar-refractivity contribution < 1.29 is 4.79 Å². The number of thioether (sulfide) groups is 2. The van der Waals surface area contributed by atoms with Crippen LogP contribution in [0, 0.1) is 22.7 Å². The van der Waals surface area contributed by atoms with Gasteiger partial charge in [0.1, 0.15) is 17.7 Å². The number of carbonyl (C=O) groups is 1. The number of allylic oxidation sites excluding steroid dienone is 3. The van der Waals surface area contributed by atoms with Gasteiger partial charge in [0.25, 0.3) is 0 Å². The van der Waals surface area contributed by atoms with Crippen molar-refractivity contribution in [1.82, 2.24) is 0 Å². The molecular formula is C13H8N2OS3. The fourth-order valence-electron chi connectivity index (χ4n) is 1.94. The Labute approximate surface area is 123 Å². The van der Waals surface area contributed by atoms with E-state index in [0.29, 0.717) is 11.1 Å². The van der Waals surface area contributed by atoms with Crippen LogP contribution in [0.3, 0.4) is 0 Å². The molecule has 0 saturated heterocycles. The molecule has 0 unspecified atom stereocenters. The van der Waals surface area contributed by atoms with Crippen molar-refractivity contribution in [3.05, 3.63) is 28.9 Å². The van der Waals surface area contributed by atoms with Crippen molar-refractivity contribution in [2.24, 2.45) is 0 Å². The summed E-state index contributed by atoms with van der Waals surface area (Å²) >= 11 is 4.54. The third kappa shape index (κ3) is 1.93. The SMILES string of the molecule is C=C1C(=O)c2c(SC)sc(SC)c2C1=C(C#N)C#N. The molecule has 1 heterocycles. The quantitative estimate of drug-likeness (QED) is 0.473. The van der Waals surface area contributed by atoms with Crippen molar-refractivity contribution >= 4 is 46.2 Å². The highest BCUT2D eigenvalue weighted by Gasteiger charge is 2.37. The number of Topliss-reactive ketones (excluding diaryl/α,β-unsaturated/α-hetero) is 1. The molecule has 0 spiro atoms. The van der Waals surface area contributed by atoms with Crippen molar-refractivity contribution in [2.45, 2.75) is 8.42 Å². The summed E-state index contributed by atoms with van der Waals surface area (Å²) in [5.74, 6) is -0.172. The van der Waals surface area contributed by atoms with Crippen molar-refractivity contribution in [3.63, 3.8) is 0 Å². The lowest BCUT2D eigenvalue weighted by molar-refractivity contribution is 0.104. The molecule has 1 aliphatic carbocycles. The summed E-state index contributed by atoms with van der Waals surface area (Å²) in [4.78, 5) is 12.3. The van der Waals surface area contributed by atoms with Crippen LogP contribution in [-0.4, -0.2) is 18.3 Å². The summed E-state index contributed by atoms with van der Waals surface area (Å²) in [6.45, 7) is 3.75. The van der Waals surface area contributed by atoms with Gasteiger partial charge in [-0.05, 0) is 12.5 Å². The van der Waals surface area contributed by atoms with Gasteiger partial charge < -0.3 is 0 Å². The first-order valence-electron chi connectivity index (χ1n) is 5.14. The maximum atomic E-state index is 12.3. The van der Waals surface area contributed by atoms with E-state index >= 15 is 0 Å². The maximum Gasteiger partial charge on any atom is 0.195 e. The Kier molecular flexibility index (Phi) is 3.86. The van der Waals surface area contributed by atoms with Crippen LogP contribution in [0.15, 0.2) is 26.1 Å². The van der Waals surface area contributed by atoms with E-state index in [2.05, 4.69) is 6.58 Å². The Morgan fingerprint density at radius 2 is 1.68 bits per heavy atom. The molecule has 0 radical (unpaired) electrons. The normalized spacial score (nSPS) is 13.2. The lowest BCUT2D eigenvalue weighted by Crippen LogP contribution is -1.94. The number of hydrogen-bond acceptors (Lipinski definition) is 6. The van der Waals surface area contributed by atoms with E-state index in [1.54, 1.807) is 0 Å². The van der Waals surface area contributed by atoms with Crippen molar-refractivity contribution in [2.75, 3.05) is 12.5 Å². The van der Waals surface area contributed by atoms with E-state index in [1.165, 1.54) is 34.9 Å². The van der Waals surface area contributed by atoms with Gasteiger partial charge in [-0.15, -0.1) is 34.9 Å². The van der Waals surface area contributed by atoms with E-state index < -0.39 is 0 Å². The lowest BCUT2D eigenvalue weighted by atomic mass is 10.0. The van der Waals surface area contributed by atoms with Gasteiger partial charge in [0.2, 0.25) is 0 Å². The second-order valence-electron chi connectivity index (χ2n) is 3.62. The Balaban J connectivity index is 2.89. The summed E-state index contributed by atoms with van der Waals surface area (Å²) in [6.07, 6.45) is 3.82. The Hall–Kier alpha value is -1.47. The number of nitriles is 2. The molecule has 0 fully saturated rings. The highest BCUT2D eigenvalue weighted by Crippen LogP contribution is 2.50. The molecule has 0 N–H and O–H groups in total. The minimum atomic E-state index is -0.172. The zero-order valence-electron chi connectivity index (χ0n) is 10.2.